The third-order valence-corrected chi connectivity index (χ3v) is 12.9. The van der Waals surface area contributed by atoms with Crippen LogP contribution < -0.4 is 4.74 Å². The highest BCUT2D eigenvalue weighted by Crippen LogP contribution is 2.47. The standard InChI is InChI=1S/C34H39F3N2O6S2/c1-2-3-4-10-23-45-32-27(15-16-29-31(32)30(24-46(29,41)42)47(43,44)26-12-6-5-7-13-26)33(40)39-21-19-38(20-22-39)18-17-25-11-8-9-14-28(25)34(35,36)37/h5-9,11-16,30H,2-4,10,17-24H2,1H3. The van der Waals surface area contributed by atoms with Crippen molar-refractivity contribution in [3.63, 3.8) is 0 Å². The van der Waals surface area contributed by atoms with Crippen molar-refractivity contribution in [1.82, 2.24) is 9.80 Å². The van der Waals surface area contributed by atoms with Gasteiger partial charge in [-0.05, 0) is 48.7 Å². The summed E-state index contributed by atoms with van der Waals surface area (Å²) in [6.45, 7) is 4.06. The molecule has 8 nitrogen and oxygen atoms in total. The van der Waals surface area contributed by atoms with Gasteiger partial charge in [-0.3, -0.25) is 9.69 Å². The molecule has 0 bridgehead atoms. The van der Waals surface area contributed by atoms with Crippen LogP contribution in [0.2, 0.25) is 0 Å². The SMILES string of the molecule is CCCCCCOc1c(C(=O)N2CCN(CCc3ccccc3C(F)(F)F)CC2)ccc2c1C(S(=O)(=O)c1ccccc1)CS2(=O)=O. The van der Waals surface area contributed by atoms with Crippen LogP contribution >= 0.6 is 0 Å². The van der Waals surface area contributed by atoms with Gasteiger partial charge in [0.1, 0.15) is 11.0 Å². The molecule has 1 saturated heterocycles. The van der Waals surface area contributed by atoms with Gasteiger partial charge in [-0.1, -0.05) is 62.6 Å². The number of halogens is 3. The minimum absolute atomic E-state index is 0.00263. The number of hydrogen-bond acceptors (Lipinski definition) is 7. The first-order chi connectivity index (χ1) is 22.3. The number of carbonyl (C=O) groups is 1. The maximum atomic E-state index is 14.0. The van der Waals surface area contributed by atoms with Gasteiger partial charge >= 0.3 is 6.18 Å². The molecule has 1 amide bonds. The van der Waals surface area contributed by atoms with Gasteiger partial charge < -0.3 is 9.64 Å². The van der Waals surface area contributed by atoms with Gasteiger partial charge in [0.15, 0.2) is 19.7 Å². The van der Waals surface area contributed by atoms with Crippen molar-refractivity contribution >= 4 is 25.6 Å². The van der Waals surface area contributed by atoms with Crippen LogP contribution in [0.1, 0.15) is 64.9 Å². The van der Waals surface area contributed by atoms with Crippen molar-refractivity contribution in [3.8, 4) is 5.75 Å². The van der Waals surface area contributed by atoms with Gasteiger partial charge in [0.2, 0.25) is 0 Å². The third kappa shape index (κ3) is 7.68. The minimum atomic E-state index is -4.44. The Balaban J connectivity index is 1.39. The summed E-state index contributed by atoms with van der Waals surface area (Å²) in [7, 11) is -8.15. The Morgan fingerprint density at radius 3 is 2.28 bits per heavy atom. The Hall–Kier alpha value is -3.42. The summed E-state index contributed by atoms with van der Waals surface area (Å²) in [5.41, 5.74) is -0.344. The fraction of sp³-hybridized carbons (Fsp3) is 0.441. The van der Waals surface area contributed by atoms with Crippen LogP contribution in [0.15, 0.2) is 76.5 Å². The Morgan fingerprint density at radius 2 is 1.60 bits per heavy atom. The molecule has 5 rings (SSSR count). The number of piperazine rings is 1. The number of alkyl halides is 3. The highest BCUT2D eigenvalue weighted by Gasteiger charge is 2.46. The van der Waals surface area contributed by atoms with Crippen molar-refractivity contribution in [2.75, 3.05) is 45.1 Å². The van der Waals surface area contributed by atoms with Crippen molar-refractivity contribution in [2.45, 2.75) is 60.2 Å². The number of hydrogen-bond donors (Lipinski definition) is 0. The molecule has 3 aromatic rings. The Morgan fingerprint density at radius 1 is 0.915 bits per heavy atom. The summed E-state index contributed by atoms with van der Waals surface area (Å²) in [6, 6.07) is 15.8. The number of rotatable bonds is 12. The first-order valence-electron chi connectivity index (χ1n) is 15.8. The third-order valence-electron chi connectivity index (χ3n) is 8.78. The van der Waals surface area contributed by atoms with Gasteiger partial charge in [-0.2, -0.15) is 13.2 Å². The number of nitrogens with zero attached hydrogens (tertiary/aromatic N) is 2. The van der Waals surface area contributed by atoms with E-state index in [1.54, 1.807) is 29.2 Å². The number of benzene rings is 3. The lowest BCUT2D eigenvalue weighted by atomic mass is 10.0. The van der Waals surface area contributed by atoms with Gasteiger partial charge in [0.05, 0.1) is 33.3 Å². The fourth-order valence-electron chi connectivity index (χ4n) is 6.21. The van der Waals surface area contributed by atoms with Gasteiger partial charge in [-0.25, -0.2) is 16.8 Å². The zero-order valence-corrected chi connectivity index (χ0v) is 27.8. The van der Waals surface area contributed by atoms with E-state index in [4.69, 9.17) is 4.74 Å². The second-order valence-corrected chi connectivity index (χ2v) is 16.1. The van der Waals surface area contributed by atoms with Crippen molar-refractivity contribution in [2.24, 2.45) is 0 Å². The Labute approximate surface area is 274 Å². The summed E-state index contributed by atoms with van der Waals surface area (Å²) < 4.78 is 101. The number of sulfone groups is 2. The monoisotopic (exact) mass is 692 g/mol. The van der Waals surface area contributed by atoms with Crippen LogP contribution in [0.25, 0.3) is 0 Å². The van der Waals surface area contributed by atoms with Gasteiger partial charge in [0.25, 0.3) is 5.91 Å². The van der Waals surface area contributed by atoms with Crippen LogP contribution in [0.3, 0.4) is 0 Å². The van der Waals surface area contributed by atoms with Crippen LogP contribution in [0.5, 0.6) is 5.75 Å². The second kappa shape index (κ2) is 14.4. The summed E-state index contributed by atoms with van der Waals surface area (Å²) >= 11 is 0. The normalized spacial score (nSPS) is 18.2. The van der Waals surface area contributed by atoms with Crippen LogP contribution in [0, 0.1) is 0 Å². The largest absolute Gasteiger partial charge is 0.492 e. The molecule has 1 unspecified atom stereocenters. The molecule has 0 N–H and O–H groups in total. The molecule has 2 aliphatic heterocycles. The van der Waals surface area contributed by atoms with E-state index >= 15 is 0 Å². The number of fused-ring (bicyclic) bond motifs is 1. The average molecular weight is 693 g/mol. The zero-order chi connectivity index (χ0) is 33.8. The smallest absolute Gasteiger partial charge is 0.416 e. The van der Waals surface area contributed by atoms with Gasteiger partial charge in [0, 0.05) is 38.3 Å². The molecule has 0 saturated carbocycles. The second-order valence-electron chi connectivity index (χ2n) is 11.9. The van der Waals surface area contributed by atoms with E-state index in [0.717, 1.165) is 25.3 Å². The maximum absolute atomic E-state index is 14.0. The molecule has 0 radical (unpaired) electrons. The Kier molecular flexibility index (Phi) is 10.7. The quantitative estimate of drug-likeness (QED) is 0.216. The highest BCUT2D eigenvalue weighted by molar-refractivity contribution is 7.96. The zero-order valence-electron chi connectivity index (χ0n) is 26.2. The minimum Gasteiger partial charge on any atom is -0.492 e. The van der Waals surface area contributed by atoms with E-state index in [0.29, 0.717) is 26.1 Å². The molecule has 0 aliphatic carbocycles. The summed E-state index contributed by atoms with van der Waals surface area (Å²) in [5.74, 6) is -1.08. The first-order valence-corrected chi connectivity index (χ1v) is 19.0. The van der Waals surface area contributed by atoms with Crippen LogP contribution in [0.4, 0.5) is 13.2 Å². The molecule has 1 fully saturated rings. The van der Waals surface area contributed by atoms with E-state index in [1.165, 1.54) is 36.4 Å². The molecular formula is C34H39F3N2O6S2. The molecule has 13 heteroatoms. The number of amides is 1. The fourth-order valence-corrected chi connectivity index (χ4v) is 10.5. The molecular weight excluding hydrogens is 654 g/mol. The lowest BCUT2D eigenvalue weighted by Crippen LogP contribution is -2.49. The van der Waals surface area contributed by atoms with Crippen LogP contribution in [-0.2, 0) is 32.3 Å². The van der Waals surface area contributed by atoms with E-state index in [1.807, 2.05) is 4.90 Å². The van der Waals surface area contributed by atoms with E-state index in [9.17, 15) is 34.8 Å². The number of ether oxygens (including phenoxy) is 1. The van der Waals surface area contributed by atoms with E-state index in [-0.39, 0.29) is 58.3 Å². The number of carbonyl (C=O) groups excluding carboxylic acids is 1. The lowest BCUT2D eigenvalue weighted by molar-refractivity contribution is -0.138. The van der Waals surface area contributed by atoms with Crippen molar-refractivity contribution in [1.29, 1.82) is 0 Å². The van der Waals surface area contributed by atoms with Gasteiger partial charge in [-0.15, -0.1) is 0 Å². The summed E-state index contributed by atoms with van der Waals surface area (Å²) in [5, 5.41) is -1.44. The Bertz CT molecular complexity index is 1790. The maximum Gasteiger partial charge on any atom is 0.416 e. The topological polar surface area (TPSA) is 101 Å². The van der Waals surface area contributed by atoms with E-state index in [2.05, 4.69) is 6.92 Å². The van der Waals surface area contributed by atoms with Crippen molar-refractivity contribution in [3.05, 3.63) is 89.0 Å². The molecule has 0 spiro atoms. The molecule has 2 aliphatic rings. The predicted octanol–water partition coefficient (Wildman–Crippen LogP) is 5.97. The van der Waals surface area contributed by atoms with Crippen LogP contribution in [-0.4, -0.2) is 77.6 Å². The molecule has 3 aromatic carbocycles. The summed E-state index contributed by atoms with van der Waals surface area (Å²) in [6.07, 6.45) is -0.783. The summed E-state index contributed by atoms with van der Waals surface area (Å²) in [4.78, 5) is 17.4. The first kappa shape index (κ1) is 34.9. The highest BCUT2D eigenvalue weighted by atomic mass is 32.2. The van der Waals surface area contributed by atoms with E-state index < -0.39 is 48.3 Å². The molecule has 2 heterocycles. The molecule has 254 valence electrons. The predicted molar refractivity (Wildman–Crippen MR) is 172 cm³/mol. The van der Waals surface area contributed by atoms with Crippen molar-refractivity contribution < 1.29 is 39.5 Å². The lowest BCUT2D eigenvalue weighted by Gasteiger charge is -2.35. The molecule has 47 heavy (non-hydrogen) atoms. The molecule has 0 aromatic heterocycles. The average Bonchev–Trinajstić information content (AvgIpc) is 3.35. The number of unbranched alkanes of at least 4 members (excludes halogenated alkanes) is 3. The molecule has 1 atom stereocenters.